The second-order valence-corrected chi connectivity index (χ2v) is 6.42. The molecule has 0 radical (unpaired) electrons. The van der Waals surface area contributed by atoms with E-state index >= 15 is 0 Å². The van der Waals surface area contributed by atoms with Gasteiger partial charge in [0.2, 0.25) is 0 Å². The Bertz CT molecular complexity index is 1050. The van der Waals surface area contributed by atoms with Gasteiger partial charge in [-0.1, -0.05) is 29.3 Å². The molecule has 0 aliphatic rings. The molecule has 0 aliphatic heterocycles. The fraction of sp³-hybridized carbons (Fsp3) is 0.0500. The second-order valence-electron chi connectivity index (χ2n) is 5.99. The number of aryl methyl sites for hydroxylation is 1. The van der Waals surface area contributed by atoms with Gasteiger partial charge in [0, 0.05) is 16.8 Å². The van der Waals surface area contributed by atoms with Gasteiger partial charge in [-0.15, -0.1) is 5.11 Å². The lowest BCUT2D eigenvalue weighted by atomic mass is 10.1. The van der Waals surface area contributed by atoms with E-state index < -0.39 is 23.0 Å². The van der Waals surface area contributed by atoms with Crippen molar-refractivity contribution >= 4 is 40.3 Å². The van der Waals surface area contributed by atoms with E-state index in [9.17, 15) is 20.1 Å². The first-order valence-electron chi connectivity index (χ1n) is 8.18. The minimum Gasteiger partial charge on any atom is -0.506 e. The van der Waals surface area contributed by atoms with Gasteiger partial charge in [-0.2, -0.15) is 5.11 Å². The Balaban J connectivity index is 2.01. The number of aromatic hydroxyl groups is 2. The number of azo groups is 1. The Morgan fingerprint density at radius 2 is 1.64 bits per heavy atom. The monoisotopic (exact) mass is 397 g/mol. The number of phenolic OH excluding ortho intramolecular Hbond substituents is 1. The van der Waals surface area contributed by atoms with Gasteiger partial charge in [-0.3, -0.25) is 0 Å². The summed E-state index contributed by atoms with van der Waals surface area (Å²) in [5, 5.41) is 41.4. The number of carboxylic acids is 1. The summed E-state index contributed by atoms with van der Waals surface area (Å²) in [5.74, 6) is -2.47. The number of benzene rings is 3. The van der Waals surface area contributed by atoms with Crippen LogP contribution in [0.25, 0.3) is 0 Å². The predicted molar refractivity (Wildman–Crippen MR) is 107 cm³/mol. The summed E-state index contributed by atoms with van der Waals surface area (Å²) in [6, 6.07) is 14.8. The third-order valence-electron chi connectivity index (χ3n) is 3.89. The SMILES string of the molecule is Cc1ccc(N=Nc2c(O)cc(Nc3ccc(Cl)cc3)c(O)c2C(=O)O)cc1. The molecule has 0 saturated carbocycles. The molecule has 0 spiro atoms. The number of nitrogens with one attached hydrogen (secondary N) is 1. The van der Waals surface area contributed by atoms with E-state index in [2.05, 4.69) is 15.5 Å². The number of anilines is 2. The van der Waals surface area contributed by atoms with Crippen molar-refractivity contribution in [2.75, 3.05) is 5.32 Å². The highest BCUT2D eigenvalue weighted by Gasteiger charge is 2.23. The van der Waals surface area contributed by atoms with Gasteiger partial charge in [0.25, 0.3) is 0 Å². The third kappa shape index (κ3) is 4.21. The molecule has 3 aromatic carbocycles. The summed E-state index contributed by atoms with van der Waals surface area (Å²) >= 11 is 5.83. The van der Waals surface area contributed by atoms with Crippen LogP contribution in [0.15, 0.2) is 64.8 Å². The van der Waals surface area contributed by atoms with Crippen LogP contribution in [0.4, 0.5) is 22.7 Å². The molecule has 0 heterocycles. The highest BCUT2D eigenvalue weighted by Crippen LogP contribution is 2.43. The smallest absolute Gasteiger partial charge is 0.342 e. The Morgan fingerprint density at radius 3 is 2.25 bits per heavy atom. The van der Waals surface area contributed by atoms with Crippen LogP contribution in [0.5, 0.6) is 11.5 Å². The maximum Gasteiger partial charge on any atom is 0.342 e. The van der Waals surface area contributed by atoms with E-state index in [0.717, 1.165) is 5.56 Å². The van der Waals surface area contributed by atoms with Crippen molar-refractivity contribution in [2.45, 2.75) is 6.92 Å². The molecule has 0 bridgehead atoms. The summed E-state index contributed by atoms with van der Waals surface area (Å²) in [7, 11) is 0. The molecule has 0 amide bonds. The number of rotatable bonds is 5. The zero-order chi connectivity index (χ0) is 20.3. The number of halogens is 1. The number of hydrogen-bond donors (Lipinski definition) is 4. The molecular weight excluding hydrogens is 382 g/mol. The molecule has 0 saturated heterocycles. The van der Waals surface area contributed by atoms with E-state index in [1.807, 2.05) is 19.1 Å². The van der Waals surface area contributed by atoms with Crippen LogP contribution in [-0.4, -0.2) is 21.3 Å². The number of aromatic carboxylic acids is 1. The molecule has 0 atom stereocenters. The maximum atomic E-state index is 11.7. The van der Waals surface area contributed by atoms with Crippen molar-refractivity contribution in [2.24, 2.45) is 10.2 Å². The van der Waals surface area contributed by atoms with Gasteiger partial charge < -0.3 is 20.6 Å². The fourth-order valence-electron chi connectivity index (χ4n) is 2.46. The highest BCUT2D eigenvalue weighted by molar-refractivity contribution is 6.30. The average Bonchev–Trinajstić information content (AvgIpc) is 2.66. The standard InChI is InChI=1S/C20H16ClN3O4/c1-11-2-6-14(7-3-11)23-24-18-16(25)10-15(19(26)17(18)20(27)28)22-13-8-4-12(21)5-9-13/h2-10,22,25-26H,1H3,(H,27,28). The summed E-state index contributed by atoms with van der Waals surface area (Å²) in [6.07, 6.45) is 0. The summed E-state index contributed by atoms with van der Waals surface area (Å²) in [4.78, 5) is 11.7. The molecule has 8 heteroatoms. The number of phenols is 2. The lowest BCUT2D eigenvalue weighted by Crippen LogP contribution is -2.01. The lowest BCUT2D eigenvalue weighted by Gasteiger charge is -2.13. The topological polar surface area (TPSA) is 115 Å². The summed E-state index contributed by atoms with van der Waals surface area (Å²) < 4.78 is 0. The fourth-order valence-corrected chi connectivity index (χ4v) is 2.58. The normalized spacial score (nSPS) is 10.9. The molecule has 4 N–H and O–H groups in total. The Hall–Kier alpha value is -3.58. The largest absolute Gasteiger partial charge is 0.506 e. The van der Waals surface area contributed by atoms with Crippen molar-refractivity contribution in [1.29, 1.82) is 0 Å². The van der Waals surface area contributed by atoms with E-state index in [1.54, 1.807) is 36.4 Å². The molecule has 0 aliphatic carbocycles. The van der Waals surface area contributed by atoms with Crippen LogP contribution >= 0.6 is 11.6 Å². The molecule has 3 rings (SSSR count). The van der Waals surface area contributed by atoms with E-state index in [-0.39, 0.29) is 11.4 Å². The summed E-state index contributed by atoms with van der Waals surface area (Å²) in [5.41, 5.74) is 1.16. The number of nitrogens with zero attached hydrogens (tertiary/aromatic N) is 2. The molecule has 3 aromatic rings. The highest BCUT2D eigenvalue weighted by atomic mass is 35.5. The minimum atomic E-state index is -1.45. The van der Waals surface area contributed by atoms with Crippen LogP contribution in [-0.2, 0) is 0 Å². The predicted octanol–water partition coefficient (Wildman–Crippen LogP) is 5.92. The Kier molecular flexibility index (Phi) is 5.47. The zero-order valence-corrected chi connectivity index (χ0v) is 15.5. The van der Waals surface area contributed by atoms with Crippen molar-refractivity contribution in [3.63, 3.8) is 0 Å². The van der Waals surface area contributed by atoms with Gasteiger partial charge in [-0.05, 0) is 43.3 Å². The van der Waals surface area contributed by atoms with Gasteiger partial charge in [0.15, 0.2) is 5.75 Å². The van der Waals surface area contributed by atoms with Crippen LogP contribution in [0.1, 0.15) is 15.9 Å². The van der Waals surface area contributed by atoms with Crippen molar-refractivity contribution in [3.05, 3.63) is 70.7 Å². The molecule has 28 heavy (non-hydrogen) atoms. The van der Waals surface area contributed by atoms with Gasteiger partial charge in [0.05, 0.1) is 11.4 Å². The van der Waals surface area contributed by atoms with Crippen molar-refractivity contribution in [3.8, 4) is 11.5 Å². The molecular formula is C20H16ClN3O4. The van der Waals surface area contributed by atoms with Gasteiger partial charge >= 0.3 is 5.97 Å². The lowest BCUT2D eigenvalue weighted by molar-refractivity contribution is 0.0694. The number of hydrogen-bond acceptors (Lipinski definition) is 6. The van der Waals surface area contributed by atoms with Crippen LogP contribution in [0.2, 0.25) is 5.02 Å². The molecule has 0 fully saturated rings. The van der Waals surface area contributed by atoms with Crippen LogP contribution in [0.3, 0.4) is 0 Å². The van der Waals surface area contributed by atoms with E-state index in [0.29, 0.717) is 16.4 Å². The first-order valence-corrected chi connectivity index (χ1v) is 8.56. The second kappa shape index (κ2) is 7.98. The number of carboxylic acid groups (broad SMARTS) is 1. The molecule has 0 aromatic heterocycles. The Labute approximate surface area is 165 Å². The van der Waals surface area contributed by atoms with Crippen LogP contribution in [0, 0.1) is 6.92 Å². The van der Waals surface area contributed by atoms with E-state index in [1.165, 1.54) is 6.07 Å². The molecule has 0 unspecified atom stereocenters. The first kappa shape index (κ1) is 19.2. The quantitative estimate of drug-likeness (QED) is 0.242. The van der Waals surface area contributed by atoms with Crippen molar-refractivity contribution in [1.82, 2.24) is 0 Å². The maximum absolute atomic E-state index is 11.7. The zero-order valence-electron chi connectivity index (χ0n) is 14.7. The Morgan fingerprint density at radius 1 is 1.00 bits per heavy atom. The minimum absolute atomic E-state index is 0.00603. The molecule has 142 valence electrons. The third-order valence-corrected chi connectivity index (χ3v) is 4.14. The summed E-state index contributed by atoms with van der Waals surface area (Å²) in [6.45, 7) is 1.92. The van der Waals surface area contributed by atoms with Gasteiger partial charge in [-0.25, -0.2) is 4.79 Å². The first-order chi connectivity index (χ1) is 13.3. The van der Waals surface area contributed by atoms with Gasteiger partial charge in [0.1, 0.15) is 17.0 Å². The average molecular weight is 398 g/mol. The van der Waals surface area contributed by atoms with Crippen LogP contribution < -0.4 is 5.32 Å². The molecule has 7 nitrogen and oxygen atoms in total. The number of carbonyl (C=O) groups is 1. The van der Waals surface area contributed by atoms with E-state index in [4.69, 9.17) is 11.6 Å². The van der Waals surface area contributed by atoms with Crippen molar-refractivity contribution < 1.29 is 20.1 Å².